The topological polar surface area (TPSA) is 64.7 Å². The van der Waals surface area contributed by atoms with E-state index in [-0.39, 0.29) is 0 Å². The fourth-order valence-electron chi connectivity index (χ4n) is 1.84. The molecule has 0 spiro atoms. The zero-order valence-corrected chi connectivity index (χ0v) is 11.2. The van der Waals surface area contributed by atoms with Gasteiger partial charge in [-0.1, -0.05) is 6.07 Å². The smallest absolute Gasteiger partial charge is 0.192 e. The molecule has 0 unspecified atom stereocenters. The number of hydrogen-bond donors (Lipinski definition) is 1. The predicted octanol–water partition coefficient (Wildman–Crippen LogP) is 3.07. The number of pyridine rings is 1. The Bertz CT molecular complexity index is 742. The van der Waals surface area contributed by atoms with E-state index in [1.807, 2.05) is 37.4 Å². The molecule has 0 saturated carbocycles. The minimum absolute atomic E-state index is 0.708. The minimum atomic E-state index is 0.708. The molecule has 2 N–H and O–H groups in total. The first-order valence-electron chi connectivity index (χ1n) is 5.84. The van der Waals surface area contributed by atoms with E-state index in [1.54, 1.807) is 12.4 Å². The number of nitrogens with two attached hydrogens (primary N) is 1. The van der Waals surface area contributed by atoms with Crippen LogP contribution in [0.15, 0.2) is 52.9 Å². The average Bonchev–Trinajstić information content (AvgIpc) is 2.42. The number of anilines is 1. The van der Waals surface area contributed by atoms with Crippen LogP contribution in [0.2, 0.25) is 0 Å². The van der Waals surface area contributed by atoms with Crippen molar-refractivity contribution in [3.63, 3.8) is 0 Å². The first kappa shape index (κ1) is 11.9. The van der Waals surface area contributed by atoms with E-state index in [1.165, 1.54) is 11.8 Å². The van der Waals surface area contributed by atoms with Crippen molar-refractivity contribution in [3.8, 4) is 0 Å². The summed E-state index contributed by atoms with van der Waals surface area (Å²) in [4.78, 5) is 13.7. The van der Waals surface area contributed by atoms with Crippen LogP contribution in [0.3, 0.4) is 0 Å². The fourth-order valence-corrected chi connectivity index (χ4v) is 2.69. The highest BCUT2D eigenvalue weighted by Gasteiger charge is 2.07. The number of rotatable bonds is 2. The Kier molecular flexibility index (Phi) is 3.05. The number of fused-ring (bicyclic) bond motifs is 1. The van der Waals surface area contributed by atoms with Crippen LogP contribution in [0.25, 0.3) is 10.8 Å². The summed E-state index contributed by atoms with van der Waals surface area (Å²) in [5, 5.41) is 2.75. The Labute approximate surface area is 115 Å². The fraction of sp³-hybridized carbons (Fsp3) is 0.0714. The molecular weight excluding hydrogens is 256 g/mol. The van der Waals surface area contributed by atoms with E-state index < -0.39 is 0 Å². The summed E-state index contributed by atoms with van der Waals surface area (Å²) in [6, 6.07) is 7.79. The molecule has 3 aromatic rings. The summed E-state index contributed by atoms with van der Waals surface area (Å²) < 4.78 is 0. The highest BCUT2D eigenvalue weighted by molar-refractivity contribution is 7.99. The Morgan fingerprint density at radius 2 is 2.00 bits per heavy atom. The Morgan fingerprint density at radius 3 is 2.84 bits per heavy atom. The molecule has 5 heteroatoms. The molecule has 0 aliphatic rings. The molecule has 1 aromatic carbocycles. The van der Waals surface area contributed by atoms with Crippen LogP contribution in [-0.2, 0) is 0 Å². The second-order valence-electron chi connectivity index (χ2n) is 4.16. The second kappa shape index (κ2) is 4.85. The average molecular weight is 268 g/mol. The SMILES string of the molecule is Cc1ccnc(Sc2ccc3cnccc3c2N)n1. The van der Waals surface area contributed by atoms with Gasteiger partial charge >= 0.3 is 0 Å². The lowest BCUT2D eigenvalue weighted by molar-refractivity contribution is 0.932. The van der Waals surface area contributed by atoms with Gasteiger partial charge in [0.15, 0.2) is 5.16 Å². The normalized spacial score (nSPS) is 10.8. The Morgan fingerprint density at radius 1 is 1.11 bits per heavy atom. The van der Waals surface area contributed by atoms with Crippen molar-refractivity contribution in [2.24, 2.45) is 0 Å². The van der Waals surface area contributed by atoms with Gasteiger partial charge in [0.25, 0.3) is 0 Å². The van der Waals surface area contributed by atoms with Gasteiger partial charge in [-0.05, 0) is 36.9 Å². The largest absolute Gasteiger partial charge is 0.397 e. The zero-order valence-electron chi connectivity index (χ0n) is 10.4. The second-order valence-corrected chi connectivity index (χ2v) is 5.17. The third-order valence-corrected chi connectivity index (χ3v) is 3.75. The van der Waals surface area contributed by atoms with Gasteiger partial charge in [-0.2, -0.15) is 0 Å². The summed E-state index contributed by atoms with van der Waals surface area (Å²) >= 11 is 1.48. The molecule has 19 heavy (non-hydrogen) atoms. The molecule has 4 nitrogen and oxygen atoms in total. The minimum Gasteiger partial charge on any atom is -0.397 e. The molecule has 3 rings (SSSR count). The molecule has 0 aliphatic carbocycles. The van der Waals surface area contributed by atoms with Gasteiger partial charge < -0.3 is 5.73 Å². The maximum atomic E-state index is 6.20. The van der Waals surface area contributed by atoms with Gasteiger partial charge in [-0.3, -0.25) is 4.98 Å². The summed E-state index contributed by atoms with van der Waals surface area (Å²) in [6.07, 6.45) is 5.31. The lowest BCUT2D eigenvalue weighted by Crippen LogP contribution is -1.93. The summed E-state index contributed by atoms with van der Waals surface area (Å²) in [5.74, 6) is 0. The van der Waals surface area contributed by atoms with Gasteiger partial charge in [0.05, 0.1) is 5.69 Å². The van der Waals surface area contributed by atoms with E-state index in [0.717, 1.165) is 27.0 Å². The first-order valence-corrected chi connectivity index (χ1v) is 6.65. The van der Waals surface area contributed by atoms with Crippen LogP contribution in [0, 0.1) is 6.92 Å². The molecule has 0 bridgehead atoms. The van der Waals surface area contributed by atoms with Crippen molar-refractivity contribution in [1.29, 1.82) is 0 Å². The van der Waals surface area contributed by atoms with E-state index >= 15 is 0 Å². The zero-order chi connectivity index (χ0) is 13.2. The number of aryl methyl sites for hydroxylation is 1. The highest BCUT2D eigenvalue weighted by Crippen LogP contribution is 2.34. The standard InChI is InChI=1S/C14H12N4S/c1-9-4-7-17-14(18-9)19-12-3-2-10-8-16-6-5-11(10)13(12)15/h2-8H,15H2,1H3. The molecule has 94 valence electrons. The number of benzene rings is 1. The van der Waals surface area contributed by atoms with Crippen LogP contribution in [-0.4, -0.2) is 15.0 Å². The van der Waals surface area contributed by atoms with Crippen molar-refractivity contribution in [3.05, 3.63) is 48.5 Å². The van der Waals surface area contributed by atoms with Crippen LogP contribution < -0.4 is 5.73 Å². The van der Waals surface area contributed by atoms with Crippen molar-refractivity contribution in [2.45, 2.75) is 17.0 Å². The molecule has 0 fully saturated rings. The lowest BCUT2D eigenvalue weighted by Gasteiger charge is -2.07. The Hall–Kier alpha value is -2.14. The molecule has 0 saturated heterocycles. The Balaban J connectivity index is 2.04. The molecule has 0 atom stereocenters. The summed E-state index contributed by atoms with van der Waals surface area (Å²) in [7, 11) is 0. The summed E-state index contributed by atoms with van der Waals surface area (Å²) in [5.41, 5.74) is 7.89. The van der Waals surface area contributed by atoms with E-state index in [9.17, 15) is 0 Å². The van der Waals surface area contributed by atoms with Crippen LogP contribution in [0.4, 0.5) is 5.69 Å². The molecule has 0 amide bonds. The molecule has 2 heterocycles. The van der Waals surface area contributed by atoms with Crippen molar-refractivity contribution in [2.75, 3.05) is 5.73 Å². The number of aromatic nitrogens is 3. The lowest BCUT2D eigenvalue weighted by atomic mass is 10.1. The molecule has 0 radical (unpaired) electrons. The van der Waals surface area contributed by atoms with Gasteiger partial charge in [0.2, 0.25) is 0 Å². The number of nitrogen functional groups attached to an aromatic ring is 1. The quantitative estimate of drug-likeness (QED) is 0.571. The monoisotopic (exact) mass is 268 g/mol. The van der Waals surface area contributed by atoms with Gasteiger partial charge in [-0.15, -0.1) is 0 Å². The predicted molar refractivity (Wildman–Crippen MR) is 77.0 cm³/mol. The third-order valence-electron chi connectivity index (χ3n) is 2.80. The molecule has 2 aromatic heterocycles. The number of nitrogens with zero attached hydrogens (tertiary/aromatic N) is 3. The van der Waals surface area contributed by atoms with Crippen molar-refractivity contribution in [1.82, 2.24) is 15.0 Å². The van der Waals surface area contributed by atoms with E-state index in [4.69, 9.17) is 5.73 Å². The van der Waals surface area contributed by atoms with Crippen molar-refractivity contribution < 1.29 is 0 Å². The first-order chi connectivity index (χ1) is 9.24. The highest BCUT2D eigenvalue weighted by atomic mass is 32.2. The number of hydrogen-bond acceptors (Lipinski definition) is 5. The maximum Gasteiger partial charge on any atom is 0.192 e. The third kappa shape index (κ3) is 2.37. The van der Waals surface area contributed by atoms with Gasteiger partial charge in [0, 0.05) is 40.0 Å². The maximum absolute atomic E-state index is 6.20. The van der Waals surface area contributed by atoms with Crippen molar-refractivity contribution >= 4 is 28.2 Å². The molecular formula is C14H12N4S. The molecule has 0 aliphatic heterocycles. The van der Waals surface area contributed by atoms with E-state index in [0.29, 0.717) is 5.16 Å². The van der Waals surface area contributed by atoms with Crippen LogP contribution in [0.1, 0.15) is 5.69 Å². The van der Waals surface area contributed by atoms with E-state index in [2.05, 4.69) is 15.0 Å². The van der Waals surface area contributed by atoms with Crippen LogP contribution in [0.5, 0.6) is 0 Å². The van der Waals surface area contributed by atoms with Gasteiger partial charge in [0.1, 0.15) is 0 Å². The van der Waals surface area contributed by atoms with Crippen LogP contribution >= 0.6 is 11.8 Å². The van der Waals surface area contributed by atoms with Gasteiger partial charge in [-0.25, -0.2) is 9.97 Å². The summed E-state index contributed by atoms with van der Waals surface area (Å²) in [6.45, 7) is 1.95.